The fourth-order valence-electron chi connectivity index (χ4n) is 3.36. The third kappa shape index (κ3) is 5.04. The monoisotopic (exact) mass is 495 g/mol. The van der Waals surface area contributed by atoms with Gasteiger partial charge in [-0.3, -0.25) is 4.72 Å². The van der Waals surface area contributed by atoms with Crippen molar-refractivity contribution >= 4 is 15.7 Å². The topological polar surface area (TPSA) is 117 Å². The number of nitrogens with one attached hydrogen (secondary N) is 1. The molecule has 0 saturated heterocycles. The summed E-state index contributed by atoms with van der Waals surface area (Å²) in [6, 6.07) is 12.6. The molecule has 2 heterocycles. The van der Waals surface area contributed by atoms with Crippen LogP contribution in [0.1, 0.15) is 17.0 Å². The van der Waals surface area contributed by atoms with Crippen LogP contribution in [0, 0.1) is 20.8 Å². The fraction of sp³-hybridized carbons (Fsp3) is 0.208. The molecule has 0 aliphatic heterocycles. The predicted octanol–water partition coefficient (Wildman–Crippen LogP) is 4.20. The maximum Gasteiger partial charge on any atom is 0.265 e. The molecule has 11 heteroatoms. The van der Waals surface area contributed by atoms with Gasteiger partial charge in [-0.15, -0.1) is 0 Å². The Bertz CT molecular complexity index is 1470. The number of aromatic nitrogens is 4. The number of methoxy groups -OCH3 is 2. The summed E-state index contributed by atoms with van der Waals surface area (Å²) in [5, 5.41) is 4.51. The lowest BCUT2D eigenvalue weighted by molar-refractivity contribution is 0.386. The first kappa shape index (κ1) is 24.0. The number of nitrogens with zero attached hydrogens (tertiary/aromatic N) is 4. The van der Waals surface area contributed by atoms with Crippen LogP contribution in [-0.2, 0) is 10.0 Å². The number of aryl methyl sites for hydroxylation is 1. The Hall–Kier alpha value is -4.12. The molecule has 182 valence electrons. The standard InChI is InChI=1S/C24H25N5O5S/c1-15-16(2)27-29(17(15)3)23-13-24(26-14-25-23)34-19-8-6-18(7-9-19)28-35(30,31)22-11-10-20(32-4)12-21(22)33-5/h6-14,28H,1-5H3. The number of sulfonamides is 1. The molecule has 10 nitrogen and oxygen atoms in total. The van der Waals surface area contributed by atoms with Crippen LogP contribution in [0.4, 0.5) is 5.69 Å². The van der Waals surface area contributed by atoms with Crippen molar-refractivity contribution in [1.29, 1.82) is 0 Å². The highest BCUT2D eigenvalue weighted by Crippen LogP contribution is 2.30. The van der Waals surface area contributed by atoms with Crippen LogP contribution < -0.4 is 18.9 Å². The smallest absolute Gasteiger partial charge is 0.265 e. The summed E-state index contributed by atoms with van der Waals surface area (Å²) in [4.78, 5) is 8.45. The van der Waals surface area contributed by atoms with E-state index in [4.69, 9.17) is 14.2 Å². The number of anilines is 1. The summed E-state index contributed by atoms with van der Waals surface area (Å²) in [5.41, 5.74) is 3.36. The van der Waals surface area contributed by atoms with Crippen molar-refractivity contribution in [3.8, 4) is 28.9 Å². The molecular formula is C24H25N5O5S. The molecule has 0 spiro atoms. The first-order valence-electron chi connectivity index (χ1n) is 10.6. The lowest BCUT2D eigenvalue weighted by atomic mass is 10.2. The third-order valence-electron chi connectivity index (χ3n) is 5.49. The molecule has 0 radical (unpaired) electrons. The average molecular weight is 496 g/mol. The minimum Gasteiger partial charge on any atom is -0.497 e. The first-order chi connectivity index (χ1) is 16.7. The van der Waals surface area contributed by atoms with Gasteiger partial charge in [0.2, 0.25) is 5.88 Å². The normalized spacial score (nSPS) is 11.2. The summed E-state index contributed by atoms with van der Waals surface area (Å²) in [5.74, 6) is 2.06. The fourth-order valence-corrected chi connectivity index (χ4v) is 4.57. The number of ether oxygens (including phenoxy) is 3. The average Bonchev–Trinajstić information content (AvgIpc) is 3.12. The van der Waals surface area contributed by atoms with Gasteiger partial charge in [0.1, 0.15) is 28.5 Å². The Balaban J connectivity index is 1.51. The largest absolute Gasteiger partial charge is 0.497 e. The van der Waals surface area contributed by atoms with Crippen molar-refractivity contribution in [3.05, 3.63) is 71.8 Å². The van der Waals surface area contributed by atoms with Crippen molar-refractivity contribution in [2.45, 2.75) is 25.7 Å². The summed E-state index contributed by atoms with van der Waals surface area (Å²) < 4.78 is 46.3. The van der Waals surface area contributed by atoms with Crippen molar-refractivity contribution in [2.24, 2.45) is 0 Å². The molecule has 0 saturated carbocycles. The number of hydrogen-bond donors (Lipinski definition) is 1. The maximum atomic E-state index is 12.9. The second-order valence-corrected chi connectivity index (χ2v) is 9.32. The van der Waals surface area contributed by atoms with Crippen molar-refractivity contribution in [2.75, 3.05) is 18.9 Å². The van der Waals surface area contributed by atoms with Gasteiger partial charge in [-0.1, -0.05) is 0 Å². The molecule has 1 N–H and O–H groups in total. The van der Waals surface area contributed by atoms with Gasteiger partial charge in [0, 0.05) is 23.5 Å². The van der Waals surface area contributed by atoms with Crippen LogP contribution in [0.25, 0.3) is 5.82 Å². The van der Waals surface area contributed by atoms with Gasteiger partial charge in [0.05, 0.1) is 19.9 Å². The van der Waals surface area contributed by atoms with E-state index in [1.807, 2.05) is 20.8 Å². The van der Waals surface area contributed by atoms with Crippen LogP contribution in [0.15, 0.2) is 59.8 Å². The summed E-state index contributed by atoms with van der Waals surface area (Å²) in [6.07, 6.45) is 1.40. The van der Waals surface area contributed by atoms with Crippen LogP contribution in [0.3, 0.4) is 0 Å². The first-order valence-corrected chi connectivity index (χ1v) is 12.1. The molecule has 0 bridgehead atoms. The SMILES string of the molecule is COc1ccc(S(=O)(=O)Nc2ccc(Oc3cc(-n4nc(C)c(C)c4C)ncn3)cc2)c(OC)c1. The van der Waals surface area contributed by atoms with Gasteiger partial charge in [0.15, 0.2) is 5.82 Å². The Morgan fingerprint density at radius 2 is 1.60 bits per heavy atom. The van der Waals surface area contributed by atoms with Crippen molar-refractivity contribution < 1.29 is 22.6 Å². The van der Waals surface area contributed by atoms with Gasteiger partial charge >= 0.3 is 0 Å². The zero-order valence-corrected chi connectivity index (χ0v) is 20.8. The molecule has 0 unspecified atom stereocenters. The molecule has 0 aliphatic rings. The Kier molecular flexibility index (Phi) is 6.61. The van der Waals surface area contributed by atoms with E-state index in [-0.39, 0.29) is 10.6 Å². The number of hydrogen-bond acceptors (Lipinski definition) is 8. The minimum atomic E-state index is -3.90. The Morgan fingerprint density at radius 1 is 0.886 bits per heavy atom. The third-order valence-corrected chi connectivity index (χ3v) is 6.91. The van der Waals surface area contributed by atoms with Crippen LogP contribution >= 0.6 is 0 Å². The highest BCUT2D eigenvalue weighted by Gasteiger charge is 2.20. The quantitative estimate of drug-likeness (QED) is 0.387. The van der Waals surface area contributed by atoms with Gasteiger partial charge in [-0.25, -0.2) is 23.1 Å². The molecule has 0 amide bonds. The molecule has 2 aromatic heterocycles. The van der Waals surface area contributed by atoms with Crippen molar-refractivity contribution in [1.82, 2.24) is 19.7 Å². The Labute approximate surface area is 203 Å². The molecule has 0 atom stereocenters. The van der Waals surface area contributed by atoms with E-state index in [2.05, 4.69) is 19.8 Å². The second-order valence-electron chi connectivity index (χ2n) is 7.67. The van der Waals surface area contributed by atoms with E-state index in [1.165, 1.54) is 32.7 Å². The molecule has 0 fully saturated rings. The molecule has 4 rings (SSSR count). The summed E-state index contributed by atoms with van der Waals surface area (Å²) >= 11 is 0. The highest BCUT2D eigenvalue weighted by molar-refractivity contribution is 7.92. The molecule has 35 heavy (non-hydrogen) atoms. The highest BCUT2D eigenvalue weighted by atomic mass is 32.2. The molecule has 4 aromatic rings. The predicted molar refractivity (Wildman–Crippen MR) is 130 cm³/mol. The minimum absolute atomic E-state index is 0.00553. The van der Waals surface area contributed by atoms with E-state index in [1.54, 1.807) is 41.1 Å². The van der Waals surface area contributed by atoms with Gasteiger partial charge in [-0.05, 0) is 62.7 Å². The van der Waals surface area contributed by atoms with E-state index < -0.39 is 10.0 Å². The van der Waals surface area contributed by atoms with E-state index in [0.29, 0.717) is 28.9 Å². The molecule has 0 aliphatic carbocycles. The van der Waals surface area contributed by atoms with Gasteiger partial charge < -0.3 is 14.2 Å². The zero-order chi connectivity index (χ0) is 25.2. The lowest BCUT2D eigenvalue weighted by Crippen LogP contribution is -2.14. The lowest BCUT2D eigenvalue weighted by Gasteiger charge is -2.13. The molecule has 2 aromatic carbocycles. The van der Waals surface area contributed by atoms with E-state index in [9.17, 15) is 8.42 Å². The maximum absolute atomic E-state index is 12.9. The summed E-state index contributed by atoms with van der Waals surface area (Å²) in [6.45, 7) is 5.92. The van der Waals surface area contributed by atoms with E-state index >= 15 is 0 Å². The van der Waals surface area contributed by atoms with Crippen molar-refractivity contribution in [3.63, 3.8) is 0 Å². The molecular weight excluding hydrogens is 470 g/mol. The Morgan fingerprint density at radius 3 is 2.23 bits per heavy atom. The van der Waals surface area contributed by atoms with Gasteiger partial charge in [-0.2, -0.15) is 5.10 Å². The zero-order valence-electron chi connectivity index (χ0n) is 19.9. The second kappa shape index (κ2) is 9.63. The number of benzene rings is 2. The van der Waals surface area contributed by atoms with Crippen LogP contribution in [0.5, 0.6) is 23.1 Å². The van der Waals surface area contributed by atoms with Gasteiger partial charge in [0.25, 0.3) is 10.0 Å². The van der Waals surface area contributed by atoms with Crippen LogP contribution in [-0.4, -0.2) is 42.4 Å². The van der Waals surface area contributed by atoms with Crippen LogP contribution in [0.2, 0.25) is 0 Å². The van der Waals surface area contributed by atoms with E-state index in [0.717, 1.165) is 17.0 Å². The summed E-state index contributed by atoms with van der Waals surface area (Å²) in [7, 11) is -1.01. The number of rotatable bonds is 8.